The first-order chi connectivity index (χ1) is 11.1. The van der Waals surface area contributed by atoms with Gasteiger partial charge in [0, 0.05) is 18.3 Å². The summed E-state index contributed by atoms with van der Waals surface area (Å²) in [5.41, 5.74) is 0.489. The molecule has 0 atom stereocenters. The van der Waals surface area contributed by atoms with Crippen LogP contribution in [-0.4, -0.2) is 35.6 Å². The fraction of sp³-hybridized carbons (Fsp3) is 0.500. The summed E-state index contributed by atoms with van der Waals surface area (Å²) < 4.78 is 10.4. The summed E-state index contributed by atoms with van der Waals surface area (Å²) in [5, 5.41) is 11.4. The molecule has 23 heavy (non-hydrogen) atoms. The summed E-state index contributed by atoms with van der Waals surface area (Å²) in [7, 11) is 0. The van der Waals surface area contributed by atoms with Gasteiger partial charge >= 0.3 is 11.9 Å². The Morgan fingerprint density at radius 3 is 2.65 bits per heavy atom. The Bertz CT molecular complexity index is 586. The van der Waals surface area contributed by atoms with Crippen molar-refractivity contribution in [2.75, 3.05) is 6.61 Å². The van der Waals surface area contributed by atoms with Crippen LogP contribution in [0.15, 0.2) is 18.3 Å². The second kappa shape index (κ2) is 8.13. The quantitative estimate of drug-likeness (QED) is 0.664. The van der Waals surface area contributed by atoms with Crippen LogP contribution in [0.3, 0.4) is 0 Å². The van der Waals surface area contributed by atoms with Crippen molar-refractivity contribution >= 4 is 11.9 Å². The minimum Gasteiger partial charge on any atom is -0.474 e. The van der Waals surface area contributed by atoms with E-state index in [9.17, 15) is 9.59 Å². The van der Waals surface area contributed by atoms with E-state index in [2.05, 4.69) is 15.0 Å². The number of hydrogen-bond donors (Lipinski definition) is 1. The van der Waals surface area contributed by atoms with Crippen molar-refractivity contribution in [3.05, 3.63) is 23.9 Å². The fourth-order valence-electron chi connectivity index (χ4n) is 2.45. The van der Waals surface area contributed by atoms with Gasteiger partial charge in [-0.3, -0.25) is 4.79 Å². The molecule has 0 spiro atoms. The van der Waals surface area contributed by atoms with Gasteiger partial charge < -0.3 is 14.8 Å². The number of carbonyl (C=O) groups excluding carboxylic acids is 2. The van der Waals surface area contributed by atoms with Crippen LogP contribution in [0.2, 0.25) is 0 Å². The smallest absolute Gasteiger partial charge is 0.396 e. The molecule has 1 saturated carbocycles. The predicted octanol–water partition coefficient (Wildman–Crippen LogP) is 1.32. The second-order valence-corrected chi connectivity index (χ2v) is 5.28. The number of hydrogen-bond acceptors (Lipinski definition) is 6. The van der Waals surface area contributed by atoms with E-state index in [1.807, 2.05) is 6.07 Å². The van der Waals surface area contributed by atoms with Gasteiger partial charge in [0.25, 0.3) is 0 Å². The first-order valence-corrected chi connectivity index (χ1v) is 7.62. The van der Waals surface area contributed by atoms with Gasteiger partial charge in [-0.15, -0.1) is 0 Å². The van der Waals surface area contributed by atoms with Crippen LogP contribution in [0.4, 0.5) is 0 Å². The molecule has 0 saturated heterocycles. The number of nitrogens with zero attached hydrogens (tertiary/aromatic N) is 2. The van der Waals surface area contributed by atoms with Crippen molar-refractivity contribution < 1.29 is 19.1 Å². The molecule has 1 heterocycles. The third-order valence-corrected chi connectivity index (χ3v) is 3.62. The van der Waals surface area contributed by atoms with E-state index < -0.39 is 11.9 Å². The Morgan fingerprint density at radius 1 is 1.35 bits per heavy atom. The maximum atomic E-state index is 11.6. The molecule has 1 fully saturated rings. The second-order valence-electron chi connectivity index (χ2n) is 5.28. The van der Waals surface area contributed by atoms with E-state index in [1.54, 1.807) is 19.1 Å². The molecule has 0 radical (unpaired) electrons. The zero-order valence-electron chi connectivity index (χ0n) is 12.9. The lowest BCUT2D eigenvalue weighted by Gasteiger charge is -2.28. The molecule has 1 N–H and O–H groups in total. The largest absolute Gasteiger partial charge is 0.474 e. The van der Waals surface area contributed by atoms with E-state index in [0.717, 1.165) is 25.7 Å². The van der Waals surface area contributed by atoms with Crippen molar-refractivity contribution in [1.29, 1.82) is 5.26 Å². The van der Waals surface area contributed by atoms with Gasteiger partial charge in [-0.05, 0) is 38.7 Å². The van der Waals surface area contributed by atoms with Gasteiger partial charge in [-0.1, -0.05) is 0 Å². The van der Waals surface area contributed by atoms with Crippen LogP contribution in [0.5, 0.6) is 5.88 Å². The van der Waals surface area contributed by atoms with Crippen molar-refractivity contribution in [3.8, 4) is 11.9 Å². The van der Waals surface area contributed by atoms with Gasteiger partial charge in [0.15, 0.2) is 0 Å². The maximum Gasteiger partial charge on any atom is 0.396 e. The van der Waals surface area contributed by atoms with E-state index in [4.69, 9.17) is 10.00 Å². The van der Waals surface area contributed by atoms with Crippen LogP contribution < -0.4 is 10.1 Å². The average Bonchev–Trinajstić information content (AvgIpc) is 2.57. The monoisotopic (exact) mass is 317 g/mol. The molecule has 7 nitrogen and oxygen atoms in total. The van der Waals surface area contributed by atoms with Crippen molar-refractivity contribution in [1.82, 2.24) is 10.3 Å². The van der Waals surface area contributed by atoms with Crippen LogP contribution >= 0.6 is 0 Å². The van der Waals surface area contributed by atoms with E-state index in [0.29, 0.717) is 11.4 Å². The zero-order chi connectivity index (χ0) is 16.7. The molecule has 122 valence electrons. The number of amides is 1. The standard InChI is InChI=1S/C16H19N3O4/c1-2-22-16(21)15(20)19-12-4-6-13(7-5-12)23-14-8-3-11(9-17)10-18-14/h3,8,10,12-13H,2,4-7H2,1H3,(H,19,20). The minimum absolute atomic E-state index is 0.0196. The lowest BCUT2D eigenvalue weighted by atomic mass is 9.93. The Balaban J connectivity index is 1.76. The highest BCUT2D eigenvalue weighted by atomic mass is 16.5. The number of esters is 1. The van der Waals surface area contributed by atoms with Crippen LogP contribution in [-0.2, 0) is 14.3 Å². The maximum absolute atomic E-state index is 11.6. The molecule has 0 unspecified atom stereocenters. The first kappa shape index (κ1) is 16.7. The summed E-state index contributed by atoms with van der Waals surface area (Å²) in [6, 6.07) is 5.30. The number of rotatable bonds is 4. The first-order valence-electron chi connectivity index (χ1n) is 7.62. The van der Waals surface area contributed by atoms with Gasteiger partial charge in [-0.25, -0.2) is 9.78 Å². The molecule has 0 aliphatic heterocycles. The highest BCUT2D eigenvalue weighted by Crippen LogP contribution is 2.23. The Kier molecular flexibility index (Phi) is 5.92. The third-order valence-electron chi connectivity index (χ3n) is 3.62. The molecular formula is C16H19N3O4. The van der Waals surface area contributed by atoms with Gasteiger partial charge in [0.2, 0.25) is 5.88 Å². The highest BCUT2D eigenvalue weighted by molar-refractivity contribution is 6.32. The number of nitrogens with one attached hydrogen (secondary N) is 1. The van der Waals surface area contributed by atoms with Crippen molar-refractivity contribution in [2.45, 2.75) is 44.8 Å². The summed E-state index contributed by atoms with van der Waals surface area (Å²) in [5.74, 6) is -1.04. The van der Waals surface area contributed by atoms with Crippen LogP contribution in [0, 0.1) is 11.3 Å². The molecule has 1 aliphatic carbocycles. The lowest BCUT2D eigenvalue weighted by molar-refractivity contribution is -0.155. The summed E-state index contributed by atoms with van der Waals surface area (Å²) in [6.45, 7) is 1.84. The highest BCUT2D eigenvalue weighted by Gasteiger charge is 2.26. The van der Waals surface area contributed by atoms with Gasteiger partial charge in [0.05, 0.1) is 12.2 Å². The Labute approximate surface area is 134 Å². The van der Waals surface area contributed by atoms with E-state index >= 15 is 0 Å². The molecular weight excluding hydrogens is 298 g/mol. The summed E-state index contributed by atoms with van der Waals surface area (Å²) in [4.78, 5) is 26.9. The molecule has 1 aromatic rings. The summed E-state index contributed by atoms with van der Waals surface area (Å²) in [6.07, 6.45) is 4.47. The van der Waals surface area contributed by atoms with Crippen LogP contribution in [0.25, 0.3) is 0 Å². The minimum atomic E-state index is -0.840. The van der Waals surface area contributed by atoms with E-state index in [-0.39, 0.29) is 18.8 Å². The normalized spacial score (nSPS) is 20.2. The zero-order valence-corrected chi connectivity index (χ0v) is 12.9. The number of pyridine rings is 1. The SMILES string of the molecule is CCOC(=O)C(=O)NC1CCC(Oc2ccc(C#N)cn2)CC1. The summed E-state index contributed by atoms with van der Waals surface area (Å²) >= 11 is 0. The lowest BCUT2D eigenvalue weighted by Crippen LogP contribution is -2.43. The predicted molar refractivity (Wildman–Crippen MR) is 80.4 cm³/mol. The molecule has 1 aliphatic rings. The number of carbonyl (C=O) groups is 2. The Hall–Kier alpha value is -2.62. The molecule has 0 aromatic carbocycles. The van der Waals surface area contributed by atoms with E-state index in [1.165, 1.54) is 6.20 Å². The topological polar surface area (TPSA) is 101 Å². The molecule has 1 amide bonds. The number of aromatic nitrogens is 1. The van der Waals surface area contributed by atoms with Crippen LogP contribution in [0.1, 0.15) is 38.2 Å². The molecule has 1 aromatic heterocycles. The number of ether oxygens (including phenoxy) is 2. The van der Waals surface area contributed by atoms with Gasteiger partial charge in [0.1, 0.15) is 12.2 Å². The van der Waals surface area contributed by atoms with Crippen molar-refractivity contribution in [3.63, 3.8) is 0 Å². The fourth-order valence-corrected chi connectivity index (χ4v) is 2.45. The number of nitriles is 1. The molecule has 0 bridgehead atoms. The van der Waals surface area contributed by atoms with Crippen molar-refractivity contribution in [2.24, 2.45) is 0 Å². The molecule has 2 rings (SSSR count). The molecule has 7 heteroatoms. The van der Waals surface area contributed by atoms with Gasteiger partial charge in [-0.2, -0.15) is 5.26 Å². The Morgan fingerprint density at radius 2 is 2.09 bits per heavy atom. The average molecular weight is 317 g/mol. The third kappa shape index (κ3) is 4.95.